The second-order valence-electron chi connectivity index (χ2n) is 8.10. The van der Waals surface area contributed by atoms with Crippen molar-refractivity contribution in [3.63, 3.8) is 0 Å². The number of nitrogens with one attached hydrogen (secondary N) is 2. The summed E-state index contributed by atoms with van der Waals surface area (Å²) in [6.07, 6.45) is 6.25. The number of hydrogen-bond acceptors (Lipinski definition) is 7. The monoisotopic (exact) mass is 466 g/mol. The number of hydrogen-bond donors (Lipinski definition) is 2. The molecule has 1 fully saturated rings. The fourth-order valence-electron chi connectivity index (χ4n) is 4.06. The van der Waals surface area contributed by atoms with Crippen LogP contribution < -0.4 is 20.3 Å². The van der Waals surface area contributed by atoms with E-state index in [0.29, 0.717) is 29.2 Å². The van der Waals surface area contributed by atoms with E-state index in [4.69, 9.17) is 9.47 Å². The molecule has 10 heteroatoms. The minimum absolute atomic E-state index is 0.0891. The molecule has 34 heavy (non-hydrogen) atoms. The molecule has 2 aromatic rings. The van der Waals surface area contributed by atoms with Crippen LogP contribution in [-0.4, -0.2) is 43.0 Å². The summed E-state index contributed by atoms with van der Waals surface area (Å²) in [7, 11) is 1.45. The Morgan fingerprint density at radius 3 is 2.59 bits per heavy atom. The van der Waals surface area contributed by atoms with Gasteiger partial charge in [0.15, 0.2) is 6.10 Å². The van der Waals surface area contributed by atoms with Gasteiger partial charge in [0.05, 0.1) is 24.0 Å². The lowest BCUT2D eigenvalue weighted by Gasteiger charge is -2.28. The van der Waals surface area contributed by atoms with Crippen LogP contribution in [0, 0.1) is 10.1 Å². The van der Waals surface area contributed by atoms with E-state index in [9.17, 15) is 19.7 Å². The zero-order valence-electron chi connectivity index (χ0n) is 18.8. The number of amides is 2. The maximum atomic E-state index is 12.8. The molecule has 10 nitrogen and oxygen atoms in total. The van der Waals surface area contributed by atoms with E-state index in [1.165, 1.54) is 19.4 Å². The second kappa shape index (κ2) is 10.2. The zero-order chi connectivity index (χ0) is 24.1. The SMILES string of the molecule is COc1cc(NC(=O)c2ccc(N3CCCCC3)c([N+](=O)[O-])c2)ccc1NC(=O)[C@@H]1CC=CO1. The molecule has 0 aliphatic carbocycles. The number of nitro groups is 1. The highest BCUT2D eigenvalue weighted by Gasteiger charge is 2.24. The molecule has 2 amide bonds. The molecule has 1 saturated heterocycles. The Balaban J connectivity index is 1.48. The summed E-state index contributed by atoms with van der Waals surface area (Å²) >= 11 is 0. The molecule has 0 saturated carbocycles. The molecule has 2 aliphatic rings. The van der Waals surface area contributed by atoms with Crippen molar-refractivity contribution in [2.24, 2.45) is 0 Å². The van der Waals surface area contributed by atoms with E-state index in [2.05, 4.69) is 10.6 Å². The first kappa shape index (κ1) is 23.1. The molecule has 2 aromatic carbocycles. The van der Waals surface area contributed by atoms with Crippen molar-refractivity contribution in [1.82, 2.24) is 0 Å². The molecule has 1 atom stereocenters. The third-order valence-corrected chi connectivity index (χ3v) is 5.83. The molecule has 0 aromatic heterocycles. The average molecular weight is 466 g/mol. The van der Waals surface area contributed by atoms with E-state index in [1.807, 2.05) is 4.90 Å². The Morgan fingerprint density at radius 1 is 1.12 bits per heavy atom. The summed E-state index contributed by atoms with van der Waals surface area (Å²) in [5.74, 6) is -0.442. The number of ether oxygens (including phenoxy) is 2. The molecular formula is C24H26N4O6. The molecule has 0 unspecified atom stereocenters. The summed E-state index contributed by atoms with van der Waals surface area (Å²) < 4.78 is 10.6. The number of piperidine rings is 1. The number of nitrogens with zero attached hydrogens (tertiary/aromatic N) is 2. The molecule has 178 valence electrons. The maximum absolute atomic E-state index is 12.8. The first-order chi connectivity index (χ1) is 16.5. The minimum Gasteiger partial charge on any atom is -0.494 e. The van der Waals surface area contributed by atoms with Gasteiger partial charge >= 0.3 is 0 Å². The molecule has 2 N–H and O–H groups in total. The van der Waals surface area contributed by atoms with Gasteiger partial charge < -0.3 is 25.0 Å². The predicted octanol–water partition coefficient (Wildman–Crippen LogP) is 4.09. The number of carbonyl (C=O) groups excluding carboxylic acids is 2. The molecule has 0 radical (unpaired) electrons. The Kier molecular flexibility index (Phi) is 6.95. The second-order valence-corrected chi connectivity index (χ2v) is 8.10. The van der Waals surface area contributed by atoms with Crippen molar-refractivity contribution in [2.45, 2.75) is 31.8 Å². The summed E-state index contributed by atoms with van der Waals surface area (Å²) in [6.45, 7) is 1.52. The van der Waals surface area contributed by atoms with Gasteiger partial charge in [-0.05, 0) is 49.6 Å². The predicted molar refractivity (Wildman–Crippen MR) is 127 cm³/mol. The van der Waals surface area contributed by atoms with Crippen LogP contribution in [0.15, 0.2) is 48.7 Å². The summed E-state index contributed by atoms with van der Waals surface area (Å²) in [5, 5.41) is 17.2. The number of methoxy groups -OCH3 is 1. The van der Waals surface area contributed by atoms with E-state index in [-0.39, 0.29) is 17.2 Å². The van der Waals surface area contributed by atoms with Gasteiger partial charge in [0, 0.05) is 42.9 Å². The van der Waals surface area contributed by atoms with Gasteiger partial charge in [-0.25, -0.2) is 0 Å². The van der Waals surface area contributed by atoms with Crippen molar-refractivity contribution >= 4 is 34.6 Å². The molecule has 0 bridgehead atoms. The van der Waals surface area contributed by atoms with Gasteiger partial charge in [0.25, 0.3) is 17.5 Å². The average Bonchev–Trinajstić information content (AvgIpc) is 3.40. The third-order valence-electron chi connectivity index (χ3n) is 5.83. The third kappa shape index (κ3) is 5.11. The Labute approximate surface area is 196 Å². The number of anilines is 3. The highest BCUT2D eigenvalue weighted by Crippen LogP contribution is 2.32. The Hall–Kier alpha value is -4.08. The van der Waals surface area contributed by atoms with Crippen LogP contribution in [0.1, 0.15) is 36.0 Å². The lowest BCUT2D eigenvalue weighted by Crippen LogP contribution is -2.30. The number of carbonyl (C=O) groups is 2. The smallest absolute Gasteiger partial charge is 0.293 e. The highest BCUT2D eigenvalue weighted by atomic mass is 16.6. The normalized spacial score (nSPS) is 17.1. The number of rotatable bonds is 7. The van der Waals surface area contributed by atoms with Crippen molar-refractivity contribution in [3.8, 4) is 5.75 Å². The van der Waals surface area contributed by atoms with E-state index < -0.39 is 16.9 Å². The quantitative estimate of drug-likeness (QED) is 0.465. The van der Waals surface area contributed by atoms with Crippen LogP contribution in [0.25, 0.3) is 0 Å². The zero-order valence-corrected chi connectivity index (χ0v) is 18.8. The molecule has 2 heterocycles. The van der Waals surface area contributed by atoms with Crippen LogP contribution in [0.2, 0.25) is 0 Å². The van der Waals surface area contributed by atoms with E-state index in [0.717, 1.165) is 32.4 Å². The van der Waals surface area contributed by atoms with Gasteiger partial charge in [-0.2, -0.15) is 0 Å². The first-order valence-corrected chi connectivity index (χ1v) is 11.1. The standard InChI is InChI=1S/C24H26N4O6/c1-33-22-15-17(8-9-18(22)26-24(30)21-6-5-13-34-21)25-23(29)16-7-10-19(20(14-16)28(31)32)27-11-3-2-4-12-27/h5,7-10,13-15,21H,2-4,6,11-12H2,1H3,(H,25,29)(H,26,30)/t21-/m0/s1. The van der Waals surface area contributed by atoms with Gasteiger partial charge in [0.2, 0.25) is 0 Å². The van der Waals surface area contributed by atoms with Gasteiger partial charge in [-0.1, -0.05) is 0 Å². The van der Waals surface area contributed by atoms with Crippen molar-refractivity contribution in [2.75, 3.05) is 35.7 Å². The van der Waals surface area contributed by atoms with Crippen molar-refractivity contribution < 1.29 is 24.0 Å². The molecule has 2 aliphatic heterocycles. The molecule has 0 spiro atoms. The fraction of sp³-hybridized carbons (Fsp3) is 0.333. The van der Waals surface area contributed by atoms with Crippen LogP contribution >= 0.6 is 0 Å². The fourth-order valence-corrected chi connectivity index (χ4v) is 4.06. The Morgan fingerprint density at radius 2 is 1.91 bits per heavy atom. The molecule has 4 rings (SSSR count). The summed E-state index contributed by atoms with van der Waals surface area (Å²) in [6, 6.07) is 9.32. The van der Waals surface area contributed by atoms with Crippen LogP contribution in [0.3, 0.4) is 0 Å². The topological polar surface area (TPSA) is 123 Å². The van der Waals surface area contributed by atoms with Crippen LogP contribution in [0.5, 0.6) is 5.75 Å². The Bertz CT molecular complexity index is 1120. The maximum Gasteiger partial charge on any atom is 0.293 e. The van der Waals surface area contributed by atoms with E-state index in [1.54, 1.807) is 36.4 Å². The lowest BCUT2D eigenvalue weighted by atomic mass is 10.1. The minimum atomic E-state index is -0.590. The highest BCUT2D eigenvalue weighted by molar-refractivity contribution is 6.05. The van der Waals surface area contributed by atoms with E-state index >= 15 is 0 Å². The van der Waals surface area contributed by atoms with Crippen molar-refractivity contribution in [3.05, 3.63) is 64.4 Å². The van der Waals surface area contributed by atoms with Crippen molar-refractivity contribution in [1.29, 1.82) is 0 Å². The van der Waals surface area contributed by atoms with Gasteiger partial charge in [0.1, 0.15) is 11.4 Å². The van der Waals surface area contributed by atoms with Crippen LogP contribution in [0.4, 0.5) is 22.7 Å². The number of nitro benzene ring substituents is 1. The summed E-state index contributed by atoms with van der Waals surface area (Å²) in [4.78, 5) is 38.4. The molecular weight excluding hydrogens is 440 g/mol. The van der Waals surface area contributed by atoms with Crippen LogP contribution in [-0.2, 0) is 9.53 Å². The van der Waals surface area contributed by atoms with Gasteiger partial charge in [-0.3, -0.25) is 19.7 Å². The first-order valence-electron chi connectivity index (χ1n) is 11.1. The summed E-state index contributed by atoms with van der Waals surface area (Å²) in [5.41, 5.74) is 1.47. The largest absolute Gasteiger partial charge is 0.494 e. The number of benzene rings is 2. The van der Waals surface area contributed by atoms with Gasteiger partial charge in [-0.15, -0.1) is 0 Å². The lowest BCUT2D eigenvalue weighted by molar-refractivity contribution is -0.384.